The predicted molar refractivity (Wildman–Crippen MR) is 127 cm³/mol. The number of likely N-dealkylation sites (tertiary alicyclic amines) is 1. The number of nitro benzene ring substituents is 1. The van der Waals surface area contributed by atoms with E-state index in [0.29, 0.717) is 40.9 Å². The molecule has 0 radical (unpaired) electrons. The van der Waals surface area contributed by atoms with Gasteiger partial charge in [0.05, 0.1) is 21.5 Å². The molecule has 12 heteroatoms. The number of carbonyl (C=O) groups excluding carboxylic acids is 1. The van der Waals surface area contributed by atoms with Crippen LogP contribution in [0.4, 0.5) is 26.4 Å². The average molecular weight is 490 g/mol. The fraction of sp³-hybridized carbons (Fsp3) is 0.167. The van der Waals surface area contributed by atoms with Gasteiger partial charge in [-0.1, -0.05) is 12.1 Å². The first kappa shape index (κ1) is 22.9. The highest BCUT2D eigenvalue weighted by atomic mass is 19.1. The maximum Gasteiger partial charge on any atom is 0.452 e. The lowest BCUT2D eigenvalue weighted by Gasteiger charge is -2.14. The van der Waals surface area contributed by atoms with Gasteiger partial charge in [0.1, 0.15) is 18.0 Å². The number of amides is 1. The molecule has 1 saturated heterocycles. The van der Waals surface area contributed by atoms with Crippen LogP contribution in [0, 0.1) is 15.9 Å². The summed E-state index contributed by atoms with van der Waals surface area (Å²) < 4.78 is 14.2. The van der Waals surface area contributed by atoms with Gasteiger partial charge < -0.3 is 10.2 Å². The minimum atomic E-state index is -0.713. The van der Waals surface area contributed by atoms with Crippen LogP contribution in [-0.2, 0) is 4.89 Å². The monoisotopic (exact) mass is 490 g/mol. The number of rotatable bonds is 6. The zero-order valence-electron chi connectivity index (χ0n) is 18.8. The second-order valence-corrected chi connectivity index (χ2v) is 7.98. The zero-order chi connectivity index (χ0) is 25.1. The standard InChI is InChI=1S/C24H19FN6O5/c25-18-6-2-1-5-16(18)19-11-15(7-8-26-19)29-23-17-12-21(31(33)34)22(13-20(17)27-14-28-23)35-36-24(32)30-9-3-4-10-30/h1-2,5-8,11-14H,3-4,9-10H2,(H,26,27,28,29). The number of carbonyl (C=O) groups is 1. The molecule has 0 aliphatic carbocycles. The molecule has 0 spiro atoms. The third-order valence-electron chi connectivity index (χ3n) is 5.65. The Labute approximate surface area is 203 Å². The van der Waals surface area contributed by atoms with E-state index in [4.69, 9.17) is 9.78 Å². The number of nitro groups is 1. The molecule has 36 heavy (non-hydrogen) atoms. The van der Waals surface area contributed by atoms with Crippen LogP contribution in [-0.4, -0.2) is 44.0 Å². The zero-order valence-corrected chi connectivity index (χ0v) is 18.8. The van der Waals surface area contributed by atoms with Gasteiger partial charge in [-0.3, -0.25) is 20.0 Å². The molecule has 5 rings (SSSR count). The predicted octanol–water partition coefficient (Wildman–Crippen LogP) is 5.01. The Morgan fingerprint density at radius 2 is 1.89 bits per heavy atom. The summed E-state index contributed by atoms with van der Waals surface area (Å²) in [6, 6.07) is 12.1. The number of benzene rings is 2. The molecule has 1 aliphatic rings. The maximum absolute atomic E-state index is 14.2. The molecule has 11 nitrogen and oxygen atoms in total. The van der Waals surface area contributed by atoms with E-state index in [-0.39, 0.29) is 11.6 Å². The molecule has 1 amide bonds. The molecule has 0 bridgehead atoms. The van der Waals surface area contributed by atoms with Crippen molar-refractivity contribution >= 4 is 34.2 Å². The van der Waals surface area contributed by atoms with Gasteiger partial charge >= 0.3 is 11.8 Å². The fourth-order valence-corrected chi connectivity index (χ4v) is 3.88. The van der Waals surface area contributed by atoms with Gasteiger partial charge in [0.15, 0.2) is 0 Å². The minimum absolute atomic E-state index is 0.268. The molecule has 1 fully saturated rings. The van der Waals surface area contributed by atoms with Gasteiger partial charge in [0, 0.05) is 42.7 Å². The number of nitrogens with zero attached hydrogens (tertiary/aromatic N) is 5. The second-order valence-electron chi connectivity index (χ2n) is 7.98. The lowest BCUT2D eigenvalue weighted by atomic mass is 10.1. The van der Waals surface area contributed by atoms with E-state index in [0.717, 1.165) is 12.8 Å². The summed E-state index contributed by atoms with van der Waals surface area (Å²) in [5, 5.41) is 15.1. The molecule has 1 aliphatic heterocycles. The largest absolute Gasteiger partial charge is 0.452 e. The molecule has 3 heterocycles. The van der Waals surface area contributed by atoms with E-state index < -0.39 is 22.5 Å². The van der Waals surface area contributed by atoms with Crippen molar-refractivity contribution in [2.75, 3.05) is 18.4 Å². The quantitative estimate of drug-likeness (QED) is 0.225. The lowest BCUT2D eigenvalue weighted by molar-refractivity contribution is -0.387. The Balaban J connectivity index is 1.44. The van der Waals surface area contributed by atoms with Crippen LogP contribution in [0.1, 0.15) is 12.8 Å². The van der Waals surface area contributed by atoms with Crippen molar-refractivity contribution in [3.05, 3.63) is 77.0 Å². The van der Waals surface area contributed by atoms with Crippen LogP contribution >= 0.6 is 0 Å². The van der Waals surface area contributed by atoms with Crippen LogP contribution in [0.3, 0.4) is 0 Å². The van der Waals surface area contributed by atoms with Gasteiger partial charge in [0.2, 0.25) is 0 Å². The number of fused-ring (bicyclic) bond motifs is 1. The highest BCUT2D eigenvalue weighted by Crippen LogP contribution is 2.35. The summed E-state index contributed by atoms with van der Waals surface area (Å²) in [5.41, 5.74) is 1.14. The molecular weight excluding hydrogens is 471 g/mol. The van der Waals surface area contributed by atoms with E-state index in [1.165, 1.54) is 35.6 Å². The summed E-state index contributed by atoms with van der Waals surface area (Å²) in [6.45, 7) is 1.08. The number of nitrogens with one attached hydrogen (secondary N) is 1. The first-order valence-electron chi connectivity index (χ1n) is 11.0. The number of hydrogen-bond acceptors (Lipinski definition) is 9. The van der Waals surface area contributed by atoms with Gasteiger partial charge in [-0.05, 0) is 37.1 Å². The molecule has 4 aromatic rings. The summed E-state index contributed by atoms with van der Waals surface area (Å²) >= 11 is 0. The lowest BCUT2D eigenvalue weighted by Crippen LogP contribution is -2.29. The normalized spacial score (nSPS) is 13.0. The molecule has 182 valence electrons. The van der Waals surface area contributed by atoms with Gasteiger partial charge in [-0.25, -0.2) is 24.0 Å². The number of halogens is 1. The summed E-state index contributed by atoms with van der Waals surface area (Å²) in [5.74, 6) is -0.409. The van der Waals surface area contributed by atoms with Crippen molar-refractivity contribution in [3.8, 4) is 17.0 Å². The molecule has 1 N–H and O–H groups in total. The van der Waals surface area contributed by atoms with Crippen LogP contribution in [0.2, 0.25) is 0 Å². The number of pyridine rings is 1. The van der Waals surface area contributed by atoms with E-state index in [9.17, 15) is 19.3 Å². The first-order valence-corrected chi connectivity index (χ1v) is 11.0. The summed E-state index contributed by atoms with van der Waals surface area (Å²) in [7, 11) is 0. The topological polar surface area (TPSA) is 133 Å². The average Bonchev–Trinajstić information content (AvgIpc) is 3.43. The van der Waals surface area contributed by atoms with Gasteiger partial charge in [0.25, 0.3) is 5.75 Å². The molecular formula is C24H19FN6O5. The summed E-state index contributed by atoms with van der Waals surface area (Å²) in [4.78, 5) is 47.1. The van der Waals surface area contributed by atoms with E-state index in [1.807, 2.05) is 0 Å². The Bertz CT molecular complexity index is 1460. The Kier molecular flexibility index (Phi) is 6.22. The van der Waals surface area contributed by atoms with E-state index >= 15 is 0 Å². The Morgan fingerprint density at radius 1 is 1.08 bits per heavy atom. The van der Waals surface area contributed by atoms with E-state index in [2.05, 4.69) is 20.3 Å². The van der Waals surface area contributed by atoms with Crippen molar-refractivity contribution in [2.24, 2.45) is 0 Å². The SMILES string of the molecule is O=C(OOc1cc2ncnc(Nc3ccnc(-c4ccccc4F)c3)c2cc1[N+](=O)[O-])N1CCCC1. The fourth-order valence-electron chi connectivity index (χ4n) is 3.88. The van der Waals surface area contributed by atoms with Crippen molar-refractivity contribution < 1.29 is 23.9 Å². The molecule has 0 saturated carbocycles. The molecule has 2 aromatic carbocycles. The molecule has 0 atom stereocenters. The van der Waals surface area contributed by atoms with Crippen molar-refractivity contribution in [1.29, 1.82) is 0 Å². The highest BCUT2D eigenvalue weighted by molar-refractivity contribution is 5.94. The second kappa shape index (κ2) is 9.78. The van der Waals surface area contributed by atoms with Crippen LogP contribution in [0.5, 0.6) is 5.75 Å². The highest BCUT2D eigenvalue weighted by Gasteiger charge is 2.25. The Morgan fingerprint density at radius 3 is 2.67 bits per heavy atom. The number of aromatic nitrogens is 3. The number of hydrogen-bond donors (Lipinski definition) is 1. The smallest absolute Gasteiger partial charge is 0.340 e. The van der Waals surface area contributed by atoms with Gasteiger partial charge in [-0.2, -0.15) is 0 Å². The summed E-state index contributed by atoms with van der Waals surface area (Å²) in [6.07, 6.45) is 3.79. The minimum Gasteiger partial charge on any atom is -0.340 e. The van der Waals surface area contributed by atoms with Crippen molar-refractivity contribution in [2.45, 2.75) is 12.8 Å². The number of anilines is 2. The maximum atomic E-state index is 14.2. The van der Waals surface area contributed by atoms with Gasteiger partial charge in [-0.15, -0.1) is 0 Å². The Hall–Kier alpha value is -4.87. The van der Waals surface area contributed by atoms with Crippen LogP contribution in [0.15, 0.2) is 61.1 Å². The van der Waals surface area contributed by atoms with Crippen LogP contribution < -0.4 is 10.2 Å². The first-order chi connectivity index (χ1) is 17.5. The van der Waals surface area contributed by atoms with Crippen molar-refractivity contribution in [1.82, 2.24) is 19.9 Å². The molecule has 0 unspecified atom stereocenters. The van der Waals surface area contributed by atoms with Crippen molar-refractivity contribution in [3.63, 3.8) is 0 Å². The van der Waals surface area contributed by atoms with E-state index in [1.54, 1.807) is 30.3 Å². The third kappa shape index (κ3) is 4.69. The molecule has 2 aromatic heterocycles. The van der Waals surface area contributed by atoms with Crippen LogP contribution in [0.25, 0.3) is 22.2 Å². The third-order valence-corrected chi connectivity index (χ3v) is 5.65.